The smallest absolute Gasteiger partial charge is 0.227 e. The highest BCUT2D eigenvalue weighted by Gasteiger charge is 2.16. The first-order valence-electron chi connectivity index (χ1n) is 6.02. The molecule has 1 N–H and O–H groups in total. The van der Waals surface area contributed by atoms with Gasteiger partial charge in [-0.25, -0.2) is 0 Å². The molecular weight excluding hydrogens is 294 g/mol. The quantitative estimate of drug-likeness (QED) is 0.925. The van der Waals surface area contributed by atoms with E-state index in [-0.39, 0.29) is 0 Å². The topological polar surface area (TPSA) is 41.3 Å². The van der Waals surface area contributed by atoms with Crippen LogP contribution in [0.3, 0.4) is 0 Å². The van der Waals surface area contributed by atoms with E-state index in [4.69, 9.17) is 4.52 Å². The molecule has 0 radical (unpaired) electrons. The molecule has 1 fully saturated rings. The van der Waals surface area contributed by atoms with Crippen molar-refractivity contribution >= 4 is 21.8 Å². The van der Waals surface area contributed by atoms with Crippen LogP contribution >= 0.6 is 15.9 Å². The molecular formula is C13H14BrN3O. The summed E-state index contributed by atoms with van der Waals surface area (Å²) in [5.74, 6) is 0.849. The number of piperazine rings is 1. The molecule has 5 heteroatoms. The second kappa shape index (κ2) is 5.12. The van der Waals surface area contributed by atoms with Crippen molar-refractivity contribution in [3.8, 4) is 11.3 Å². The van der Waals surface area contributed by atoms with Crippen molar-refractivity contribution in [1.29, 1.82) is 0 Å². The van der Waals surface area contributed by atoms with Gasteiger partial charge in [-0.3, -0.25) is 0 Å². The Labute approximate surface area is 114 Å². The van der Waals surface area contributed by atoms with Gasteiger partial charge in [-0.1, -0.05) is 39.3 Å². The van der Waals surface area contributed by atoms with Crippen LogP contribution in [0.4, 0.5) is 5.88 Å². The molecule has 0 saturated carbocycles. The predicted octanol–water partition coefficient (Wildman–Crippen LogP) is 2.51. The van der Waals surface area contributed by atoms with Crippen LogP contribution in [-0.2, 0) is 0 Å². The fourth-order valence-electron chi connectivity index (χ4n) is 2.10. The van der Waals surface area contributed by atoms with E-state index in [9.17, 15) is 0 Å². The molecule has 0 spiro atoms. The molecule has 4 nitrogen and oxygen atoms in total. The number of halogens is 1. The number of anilines is 1. The molecule has 94 valence electrons. The fourth-order valence-corrected chi connectivity index (χ4v) is 2.58. The van der Waals surface area contributed by atoms with E-state index in [0.717, 1.165) is 47.8 Å². The van der Waals surface area contributed by atoms with Crippen molar-refractivity contribution in [3.63, 3.8) is 0 Å². The van der Waals surface area contributed by atoms with Crippen LogP contribution in [0.5, 0.6) is 0 Å². The van der Waals surface area contributed by atoms with Crippen LogP contribution < -0.4 is 10.2 Å². The van der Waals surface area contributed by atoms with Crippen molar-refractivity contribution < 1.29 is 4.52 Å². The molecule has 0 bridgehead atoms. The van der Waals surface area contributed by atoms with Crippen molar-refractivity contribution in [3.05, 3.63) is 34.8 Å². The maximum atomic E-state index is 5.44. The van der Waals surface area contributed by atoms with Gasteiger partial charge in [0.15, 0.2) is 0 Å². The van der Waals surface area contributed by atoms with Crippen molar-refractivity contribution in [2.75, 3.05) is 31.1 Å². The van der Waals surface area contributed by atoms with Gasteiger partial charge in [-0.05, 0) is 6.07 Å². The van der Waals surface area contributed by atoms with E-state index in [1.807, 2.05) is 30.3 Å². The van der Waals surface area contributed by atoms with E-state index in [0.29, 0.717) is 0 Å². The highest BCUT2D eigenvalue weighted by molar-refractivity contribution is 9.10. The van der Waals surface area contributed by atoms with Crippen LogP contribution in [0.15, 0.2) is 39.3 Å². The van der Waals surface area contributed by atoms with E-state index in [2.05, 4.69) is 31.3 Å². The molecule has 1 aromatic heterocycles. The summed E-state index contributed by atoms with van der Waals surface area (Å²) < 4.78 is 6.47. The Bertz CT molecular complexity index is 535. The summed E-state index contributed by atoms with van der Waals surface area (Å²) in [5, 5.41) is 7.48. The maximum absolute atomic E-state index is 5.44. The molecule has 0 atom stereocenters. The molecule has 2 heterocycles. The Hall–Kier alpha value is -1.33. The molecule has 1 aliphatic rings. The van der Waals surface area contributed by atoms with E-state index in [1.165, 1.54) is 0 Å². The molecule has 0 aliphatic carbocycles. The Morgan fingerprint density at radius 2 is 2.00 bits per heavy atom. The molecule has 1 aliphatic heterocycles. The number of nitrogens with zero attached hydrogens (tertiary/aromatic N) is 2. The van der Waals surface area contributed by atoms with E-state index in [1.54, 1.807) is 0 Å². The number of nitrogens with one attached hydrogen (secondary N) is 1. The minimum atomic E-state index is 0.849. The van der Waals surface area contributed by atoms with Gasteiger partial charge < -0.3 is 14.7 Å². The van der Waals surface area contributed by atoms with Gasteiger partial charge in [0, 0.05) is 42.3 Å². The zero-order valence-corrected chi connectivity index (χ0v) is 11.5. The summed E-state index contributed by atoms with van der Waals surface area (Å²) >= 11 is 3.53. The third-order valence-corrected chi connectivity index (χ3v) is 3.77. The third-order valence-electron chi connectivity index (χ3n) is 3.08. The van der Waals surface area contributed by atoms with Crippen molar-refractivity contribution in [1.82, 2.24) is 10.5 Å². The van der Waals surface area contributed by atoms with E-state index >= 15 is 0 Å². The SMILES string of the molecule is Brc1ccccc1-c1cc(N2CCNCC2)on1. The molecule has 2 aromatic rings. The van der Waals surface area contributed by atoms with Gasteiger partial charge in [-0.15, -0.1) is 0 Å². The lowest BCUT2D eigenvalue weighted by molar-refractivity contribution is 0.409. The van der Waals surface area contributed by atoms with Crippen molar-refractivity contribution in [2.24, 2.45) is 0 Å². The molecule has 3 rings (SSSR count). The highest BCUT2D eigenvalue weighted by Crippen LogP contribution is 2.29. The van der Waals surface area contributed by atoms with Crippen LogP contribution in [0.25, 0.3) is 11.3 Å². The zero-order valence-electron chi connectivity index (χ0n) is 9.90. The Kier molecular flexibility index (Phi) is 3.34. The summed E-state index contributed by atoms with van der Waals surface area (Å²) in [6, 6.07) is 10.0. The minimum Gasteiger partial charge on any atom is -0.338 e. The molecule has 0 amide bonds. The fraction of sp³-hybridized carbons (Fsp3) is 0.308. The first-order chi connectivity index (χ1) is 8.84. The van der Waals surface area contributed by atoms with Gasteiger partial charge in [0.25, 0.3) is 0 Å². The van der Waals surface area contributed by atoms with Gasteiger partial charge in [0.2, 0.25) is 5.88 Å². The molecule has 18 heavy (non-hydrogen) atoms. The number of rotatable bonds is 2. The van der Waals surface area contributed by atoms with Gasteiger partial charge >= 0.3 is 0 Å². The monoisotopic (exact) mass is 307 g/mol. The number of hydrogen-bond acceptors (Lipinski definition) is 4. The molecule has 1 saturated heterocycles. The Morgan fingerprint density at radius 3 is 2.78 bits per heavy atom. The average Bonchev–Trinajstić information content (AvgIpc) is 2.90. The summed E-state index contributed by atoms with van der Waals surface area (Å²) in [7, 11) is 0. The lowest BCUT2D eigenvalue weighted by Crippen LogP contribution is -2.43. The Morgan fingerprint density at radius 1 is 1.22 bits per heavy atom. The second-order valence-electron chi connectivity index (χ2n) is 4.27. The summed E-state index contributed by atoms with van der Waals surface area (Å²) in [4.78, 5) is 2.21. The summed E-state index contributed by atoms with van der Waals surface area (Å²) in [6.45, 7) is 3.91. The van der Waals surface area contributed by atoms with Crippen molar-refractivity contribution in [2.45, 2.75) is 0 Å². The highest BCUT2D eigenvalue weighted by atomic mass is 79.9. The first-order valence-corrected chi connectivity index (χ1v) is 6.81. The minimum absolute atomic E-state index is 0.849. The van der Waals surface area contributed by atoms with Crippen LogP contribution in [-0.4, -0.2) is 31.3 Å². The number of aromatic nitrogens is 1. The van der Waals surface area contributed by atoms with Gasteiger partial charge in [0.1, 0.15) is 5.69 Å². The molecule has 0 unspecified atom stereocenters. The predicted molar refractivity (Wildman–Crippen MR) is 74.7 cm³/mol. The average molecular weight is 308 g/mol. The van der Waals surface area contributed by atoms with Gasteiger partial charge in [-0.2, -0.15) is 0 Å². The summed E-state index contributed by atoms with van der Waals surface area (Å²) in [6.07, 6.45) is 0. The van der Waals surface area contributed by atoms with Gasteiger partial charge in [0.05, 0.1) is 0 Å². The number of benzene rings is 1. The standard InChI is InChI=1S/C13H14BrN3O/c14-11-4-2-1-3-10(11)12-9-13(18-16-12)17-7-5-15-6-8-17/h1-4,9,15H,5-8H2. The van der Waals surface area contributed by atoms with Crippen LogP contribution in [0.2, 0.25) is 0 Å². The number of hydrogen-bond donors (Lipinski definition) is 1. The lowest BCUT2D eigenvalue weighted by atomic mass is 10.1. The largest absolute Gasteiger partial charge is 0.338 e. The molecule has 1 aromatic carbocycles. The van der Waals surface area contributed by atoms with Crippen LogP contribution in [0, 0.1) is 0 Å². The van der Waals surface area contributed by atoms with E-state index < -0.39 is 0 Å². The summed E-state index contributed by atoms with van der Waals surface area (Å²) in [5.41, 5.74) is 1.93. The first kappa shape index (κ1) is 11.7. The third kappa shape index (κ3) is 2.28. The van der Waals surface area contributed by atoms with Crippen LogP contribution in [0.1, 0.15) is 0 Å². The zero-order chi connectivity index (χ0) is 12.4. The maximum Gasteiger partial charge on any atom is 0.227 e. The lowest BCUT2D eigenvalue weighted by Gasteiger charge is -2.25. The normalized spacial score (nSPS) is 15.9. The second-order valence-corrected chi connectivity index (χ2v) is 5.12. The Balaban J connectivity index is 1.87.